The van der Waals surface area contributed by atoms with Crippen molar-refractivity contribution in [3.05, 3.63) is 57.3 Å². The molecule has 5 heteroatoms. The van der Waals surface area contributed by atoms with E-state index >= 15 is 0 Å². The van der Waals surface area contributed by atoms with Gasteiger partial charge in [0.25, 0.3) is 0 Å². The van der Waals surface area contributed by atoms with Gasteiger partial charge in [0.15, 0.2) is 5.15 Å². The SMILES string of the molecule is Clc1cc(Cl)cc(CNc2cccnc2Cl)c1. The molecular weight excluding hydrogens is 279 g/mol. The van der Waals surface area contributed by atoms with Gasteiger partial charge in [0.1, 0.15) is 0 Å². The summed E-state index contributed by atoms with van der Waals surface area (Å²) in [5.41, 5.74) is 1.77. The van der Waals surface area contributed by atoms with Crippen molar-refractivity contribution < 1.29 is 0 Å². The van der Waals surface area contributed by atoms with Crippen molar-refractivity contribution in [3.8, 4) is 0 Å². The standard InChI is InChI=1S/C12H9Cl3N2/c13-9-4-8(5-10(14)6-9)7-17-11-2-1-3-16-12(11)15/h1-6,17H,7H2. The molecule has 0 spiro atoms. The largest absolute Gasteiger partial charge is 0.378 e. The zero-order chi connectivity index (χ0) is 12.3. The Hall–Kier alpha value is -0.960. The first kappa shape index (κ1) is 12.5. The van der Waals surface area contributed by atoms with Gasteiger partial charge >= 0.3 is 0 Å². The molecule has 0 fully saturated rings. The van der Waals surface area contributed by atoms with Crippen LogP contribution in [0.2, 0.25) is 15.2 Å². The Morgan fingerprint density at radius 2 is 1.76 bits per heavy atom. The lowest BCUT2D eigenvalue weighted by Gasteiger charge is -2.08. The molecule has 0 aliphatic rings. The molecule has 0 aliphatic carbocycles. The third kappa shape index (κ3) is 3.50. The zero-order valence-corrected chi connectivity index (χ0v) is 11.0. The molecule has 1 N–H and O–H groups in total. The van der Waals surface area contributed by atoms with Gasteiger partial charge in [0.2, 0.25) is 0 Å². The fourth-order valence-corrected chi connectivity index (χ4v) is 2.19. The molecule has 0 saturated carbocycles. The summed E-state index contributed by atoms with van der Waals surface area (Å²) in [5, 5.41) is 4.85. The highest BCUT2D eigenvalue weighted by Gasteiger charge is 2.01. The Kier molecular flexibility index (Phi) is 4.11. The summed E-state index contributed by atoms with van der Waals surface area (Å²) in [4.78, 5) is 3.98. The second kappa shape index (κ2) is 5.58. The van der Waals surface area contributed by atoms with Gasteiger partial charge in [0.05, 0.1) is 5.69 Å². The van der Waals surface area contributed by atoms with Crippen LogP contribution in [0.3, 0.4) is 0 Å². The van der Waals surface area contributed by atoms with E-state index in [1.54, 1.807) is 12.3 Å². The Morgan fingerprint density at radius 3 is 2.41 bits per heavy atom. The maximum absolute atomic E-state index is 5.93. The first-order valence-electron chi connectivity index (χ1n) is 4.94. The molecule has 0 amide bonds. The third-order valence-corrected chi connectivity index (χ3v) is 2.90. The lowest BCUT2D eigenvalue weighted by Crippen LogP contribution is -2.00. The minimum absolute atomic E-state index is 0.445. The molecule has 2 nitrogen and oxygen atoms in total. The van der Waals surface area contributed by atoms with Gasteiger partial charge in [-0.25, -0.2) is 4.98 Å². The van der Waals surface area contributed by atoms with E-state index in [2.05, 4.69) is 10.3 Å². The van der Waals surface area contributed by atoms with E-state index in [9.17, 15) is 0 Å². The maximum Gasteiger partial charge on any atom is 0.152 e. The first-order valence-corrected chi connectivity index (χ1v) is 6.08. The number of benzene rings is 1. The maximum atomic E-state index is 5.93. The van der Waals surface area contributed by atoms with Crippen LogP contribution in [0.1, 0.15) is 5.56 Å². The Labute approximate surface area is 115 Å². The van der Waals surface area contributed by atoms with Crippen molar-refractivity contribution in [3.63, 3.8) is 0 Å². The van der Waals surface area contributed by atoms with Gasteiger partial charge in [-0.2, -0.15) is 0 Å². The fourth-order valence-electron chi connectivity index (χ4n) is 1.43. The predicted molar refractivity (Wildman–Crippen MR) is 73.0 cm³/mol. The second-order valence-electron chi connectivity index (χ2n) is 3.47. The third-order valence-electron chi connectivity index (χ3n) is 2.16. The Morgan fingerprint density at radius 1 is 1.06 bits per heavy atom. The van der Waals surface area contributed by atoms with Gasteiger partial charge in [0, 0.05) is 22.8 Å². The van der Waals surface area contributed by atoms with E-state index in [1.807, 2.05) is 24.3 Å². The Balaban J connectivity index is 2.10. The van der Waals surface area contributed by atoms with Crippen LogP contribution in [0.15, 0.2) is 36.5 Å². The lowest BCUT2D eigenvalue weighted by molar-refractivity contribution is 1.14. The van der Waals surface area contributed by atoms with Crippen LogP contribution < -0.4 is 5.32 Å². The highest BCUT2D eigenvalue weighted by Crippen LogP contribution is 2.22. The zero-order valence-electron chi connectivity index (χ0n) is 8.75. The number of aromatic nitrogens is 1. The second-order valence-corrected chi connectivity index (χ2v) is 4.70. The molecule has 0 unspecified atom stereocenters. The van der Waals surface area contributed by atoms with Crippen molar-refractivity contribution in [2.45, 2.75) is 6.54 Å². The van der Waals surface area contributed by atoms with Gasteiger partial charge in [-0.1, -0.05) is 34.8 Å². The van der Waals surface area contributed by atoms with Gasteiger partial charge in [-0.15, -0.1) is 0 Å². The number of halogens is 3. The average molecular weight is 288 g/mol. The van der Waals surface area contributed by atoms with Crippen LogP contribution in [0.4, 0.5) is 5.69 Å². The van der Waals surface area contributed by atoms with E-state index in [4.69, 9.17) is 34.8 Å². The number of anilines is 1. The van der Waals surface area contributed by atoms with Gasteiger partial charge < -0.3 is 5.32 Å². The number of hydrogen-bond acceptors (Lipinski definition) is 2. The topological polar surface area (TPSA) is 24.9 Å². The fraction of sp³-hybridized carbons (Fsp3) is 0.0833. The molecule has 0 radical (unpaired) electrons. The van der Waals surface area contributed by atoms with Crippen molar-refractivity contribution >= 4 is 40.5 Å². The van der Waals surface area contributed by atoms with Gasteiger partial charge in [-0.05, 0) is 35.9 Å². The smallest absolute Gasteiger partial charge is 0.152 e. The Bertz CT molecular complexity index is 509. The van der Waals surface area contributed by atoms with Crippen LogP contribution in [-0.2, 0) is 6.54 Å². The molecule has 17 heavy (non-hydrogen) atoms. The van der Waals surface area contributed by atoms with Crippen molar-refractivity contribution in [1.82, 2.24) is 4.98 Å². The summed E-state index contributed by atoms with van der Waals surface area (Å²) < 4.78 is 0. The van der Waals surface area contributed by atoms with E-state index < -0.39 is 0 Å². The summed E-state index contributed by atoms with van der Waals surface area (Å²) in [6, 6.07) is 9.08. The van der Waals surface area contributed by atoms with Crippen LogP contribution in [0.25, 0.3) is 0 Å². The molecule has 1 aromatic carbocycles. The van der Waals surface area contributed by atoms with E-state index in [0.29, 0.717) is 21.7 Å². The number of rotatable bonds is 3. The molecule has 2 aromatic rings. The summed E-state index contributed by atoms with van der Waals surface area (Å²) in [5.74, 6) is 0. The molecule has 1 aromatic heterocycles. The number of nitrogens with zero attached hydrogens (tertiary/aromatic N) is 1. The van der Waals surface area contributed by atoms with Crippen LogP contribution >= 0.6 is 34.8 Å². The molecule has 0 atom stereocenters. The van der Waals surface area contributed by atoms with Gasteiger partial charge in [-0.3, -0.25) is 0 Å². The minimum atomic E-state index is 0.445. The molecule has 0 bridgehead atoms. The molecular formula is C12H9Cl3N2. The van der Waals surface area contributed by atoms with Crippen LogP contribution in [0, 0.1) is 0 Å². The first-order chi connectivity index (χ1) is 8.15. The van der Waals surface area contributed by atoms with Crippen LogP contribution in [-0.4, -0.2) is 4.98 Å². The van der Waals surface area contributed by atoms with E-state index in [1.165, 1.54) is 0 Å². The molecule has 0 aliphatic heterocycles. The van der Waals surface area contributed by atoms with Crippen molar-refractivity contribution in [1.29, 1.82) is 0 Å². The minimum Gasteiger partial charge on any atom is -0.378 e. The summed E-state index contributed by atoms with van der Waals surface area (Å²) in [6.45, 7) is 0.589. The van der Waals surface area contributed by atoms with Crippen molar-refractivity contribution in [2.75, 3.05) is 5.32 Å². The molecule has 2 rings (SSSR count). The predicted octanol–water partition coefficient (Wildman–Crippen LogP) is 4.65. The molecule has 88 valence electrons. The monoisotopic (exact) mass is 286 g/mol. The lowest BCUT2D eigenvalue weighted by atomic mass is 10.2. The summed E-state index contributed by atoms with van der Waals surface area (Å²) >= 11 is 17.8. The number of hydrogen-bond donors (Lipinski definition) is 1. The molecule has 1 heterocycles. The quantitative estimate of drug-likeness (QED) is 0.831. The van der Waals surface area contributed by atoms with Crippen molar-refractivity contribution in [2.24, 2.45) is 0 Å². The summed E-state index contributed by atoms with van der Waals surface area (Å²) in [7, 11) is 0. The van der Waals surface area contributed by atoms with E-state index in [-0.39, 0.29) is 0 Å². The highest BCUT2D eigenvalue weighted by molar-refractivity contribution is 6.34. The number of nitrogens with one attached hydrogen (secondary N) is 1. The molecule has 0 saturated heterocycles. The van der Waals surface area contributed by atoms with E-state index in [0.717, 1.165) is 11.3 Å². The number of pyridine rings is 1. The van der Waals surface area contributed by atoms with Crippen LogP contribution in [0.5, 0.6) is 0 Å². The average Bonchev–Trinajstić information content (AvgIpc) is 2.27. The highest BCUT2D eigenvalue weighted by atomic mass is 35.5. The normalized spacial score (nSPS) is 10.3. The summed E-state index contributed by atoms with van der Waals surface area (Å²) in [6.07, 6.45) is 1.64.